The van der Waals surface area contributed by atoms with Gasteiger partial charge in [0.05, 0.1) is 5.41 Å². The van der Waals surface area contributed by atoms with E-state index < -0.39 is 17.4 Å². The van der Waals surface area contributed by atoms with Crippen molar-refractivity contribution in [2.24, 2.45) is 5.41 Å². The van der Waals surface area contributed by atoms with Crippen molar-refractivity contribution in [3.63, 3.8) is 0 Å². The van der Waals surface area contributed by atoms with E-state index in [9.17, 15) is 14.4 Å². The summed E-state index contributed by atoms with van der Waals surface area (Å²) in [5.74, 6) is 3.81. The molecule has 0 unspecified atom stereocenters. The summed E-state index contributed by atoms with van der Waals surface area (Å²) in [5.41, 5.74) is -0.845. The normalized spacial score (nSPS) is 10.8. The second kappa shape index (κ2) is 17.2. The minimum absolute atomic E-state index is 0.0231. The van der Waals surface area contributed by atoms with Crippen LogP contribution in [-0.4, -0.2) is 37.7 Å². The first-order chi connectivity index (χ1) is 14.4. The summed E-state index contributed by atoms with van der Waals surface area (Å²) in [5, 5.41) is 0. The molecular formula is C24H34O6. The lowest BCUT2D eigenvalue weighted by Gasteiger charge is -2.28. The molecule has 166 valence electrons. The van der Waals surface area contributed by atoms with Crippen molar-refractivity contribution in [3.8, 4) is 24.7 Å². The second-order valence-electron chi connectivity index (χ2n) is 7.37. The van der Waals surface area contributed by atoms with E-state index in [1.165, 1.54) is 0 Å². The molecule has 0 spiro atoms. The van der Waals surface area contributed by atoms with E-state index in [1.54, 1.807) is 6.92 Å². The molecule has 6 nitrogen and oxygen atoms in total. The highest BCUT2D eigenvalue weighted by molar-refractivity contribution is 5.70. The molecule has 0 aliphatic heterocycles. The maximum atomic E-state index is 12.0. The monoisotopic (exact) mass is 418 g/mol. The Hall–Kier alpha value is -2.73. The van der Waals surface area contributed by atoms with Gasteiger partial charge in [-0.2, -0.15) is 0 Å². The van der Waals surface area contributed by atoms with Gasteiger partial charge in [-0.15, -0.1) is 24.7 Å². The molecule has 0 aromatic carbocycles. The third kappa shape index (κ3) is 15.2. The van der Waals surface area contributed by atoms with E-state index in [2.05, 4.69) is 11.8 Å². The Labute approximate surface area is 180 Å². The van der Waals surface area contributed by atoms with E-state index in [4.69, 9.17) is 27.1 Å². The maximum Gasteiger partial charge on any atom is 0.305 e. The SMILES string of the molecule is C#CCCCC(=O)OCC(C)(COC(=O)CCCC#C)COC(=O)CCC/C=C\C. The molecule has 0 saturated carbocycles. The second-order valence-corrected chi connectivity index (χ2v) is 7.37. The summed E-state index contributed by atoms with van der Waals surface area (Å²) >= 11 is 0. The van der Waals surface area contributed by atoms with Gasteiger partial charge in [0.15, 0.2) is 0 Å². The highest BCUT2D eigenvalue weighted by Gasteiger charge is 2.30. The lowest BCUT2D eigenvalue weighted by atomic mass is 9.94. The largest absolute Gasteiger partial charge is 0.465 e. The predicted molar refractivity (Wildman–Crippen MR) is 115 cm³/mol. The third-order valence-corrected chi connectivity index (χ3v) is 4.14. The van der Waals surface area contributed by atoms with Crippen LogP contribution in [0.4, 0.5) is 0 Å². The number of esters is 3. The van der Waals surface area contributed by atoms with Gasteiger partial charge < -0.3 is 14.2 Å². The van der Waals surface area contributed by atoms with Crippen LogP contribution in [0, 0.1) is 30.1 Å². The molecule has 0 aliphatic carbocycles. The zero-order valence-corrected chi connectivity index (χ0v) is 18.2. The van der Waals surface area contributed by atoms with Gasteiger partial charge in [0.1, 0.15) is 19.8 Å². The molecule has 0 bridgehead atoms. The molecule has 0 aromatic rings. The number of unbranched alkanes of at least 4 members (excludes halogenated alkanes) is 3. The fourth-order valence-corrected chi connectivity index (χ4v) is 2.31. The van der Waals surface area contributed by atoms with Gasteiger partial charge in [-0.25, -0.2) is 0 Å². The summed E-state index contributed by atoms with van der Waals surface area (Å²) in [6.07, 6.45) is 18.5. The number of carbonyl (C=O) groups is 3. The zero-order chi connectivity index (χ0) is 22.7. The zero-order valence-electron chi connectivity index (χ0n) is 18.2. The van der Waals surface area contributed by atoms with E-state index in [-0.39, 0.29) is 45.1 Å². The fraction of sp³-hybridized carbons (Fsp3) is 0.625. The van der Waals surface area contributed by atoms with Crippen LogP contribution in [0.25, 0.3) is 0 Å². The first-order valence-electron chi connectivity index (χ1n) is 10.3. The molecule has 0 atom stereocenters. The van der Waals surface area contributed by atoms with Crippen LogP contribution in [0.2, 0.25) is 0 Å². The lowest BCUT2D eigenvalue weighted by Crippen LogP contribution is -2.37. The number of allylic oxidation sites excluding steroid dienone is 2. The van der Waals surface area contributed by atoms with Gasteiger partial charge in [0.25, 0.3) is 0 Å². The minimum atomic E-state index is -0.845. The standard InChI is InChI=1S/C24H34O6/c1-5-8-11-14-17-23(27)30-20-24(4,18-28-21(25)15-12-9-6-2)19-29-22(26)16-13-10-7-3/h2-3,5,8H,9-20H2,1,4H3/b8-5-. The molecule has 0 aromatic heterocycles. The van der Waals surface area contributed by atoms with Gasteiger partial charge in [-0.3, -0.25) is 14.4 Å². The van der Waals surface area contributed by atoms with Crippen molar-refractivity contribution in [3.05, 3.63) is 12.2 Å². The van der Waals surface area contributed by atoms with Gasteiger partial charge >= 0.3 is 17.9 Å². The first kappa shape index (κ1) is 27.3. The molecule has 0 N–H and O–H groups in total. The minimum Gasteiger partial charge on any atom is -0.465 e. The molecule has 0 radical (unpaired) electrons. The van der Waals surface area contributed by atoms with Gasteiger partial charge in [0, 0.05) is 32.1 Å². The Morgan fingerprint density at radius 1 is 0.800 bits per heavy atom. The van der Waals surface area contributed by atoms with Gasteiger partial charge in [-0.1, -0.05) is 12.2 Å². The van der Waals surface area contributed by atoms with Crippen LogP contribution in [0.3, 0.4) is 0 Å². The number of carbonyl (C=O) groups excluding carboxylic acids is 3. The number of hydrogen-bond donors (Lipinski definition) is 0. The molecule has 30 heavy (non-hydrogen) atoms. The fourth-order valence-electron chi connectivity index (χ4n) is 2.31. The van der Waals surface area contributed by atoms with Crippen LogP contribution < -0.4 is 0 Å². The highest BCUT2D eigenvalue weighted by Crippen LogP contribution is 2.20. The van der Waals surface area contributed by atoms with Crippen molar-refractivity contribution in [2.45, 2.75) is 71.6 Å². The van der Waals surface area contributed by atoms with Gasteiger partial charge in [-0.05, 0) is 39.5 Å². The molecule has 0 heterocycles. The topological polar surface area (TPSA) is 78.9 Å². The average molecular weight is 419 g/mol. The molecular weight excluding hydrogens is 384 g/mol. The van der Waals surface area contributed by atoms with E-state index in [0.29, 0.717) is 32.1 Å². The quantitative estimate of drug-likeness (QED) is 0.124. The van der Waals surface area contributed by atoms with E-state index in [0.717, 1.165) is 6.42 Å². The van der Waals surface area contributed by atoms with Crippen LogP contribution in [0.5, 0.6) is 0 Å². The van der Waals surface area contributed by atoms with Crippen molar-refractivity contribution in [1.82, 2.24) is 0 Å². The van der Waals surface area contributed by atoms with Crippen LogP contribution >= 0.6 is 0 Å². The Bertz CT molecular complexity index is 599. The Morgan fingerprint density at radius 3 is 1.57 bits per heavy atom. The number of terminal acetylenes is 2. The summed E-state index contributed by atoms with van der Waals surface area (Å²) < 4.78 is 16.0. The number of ether oxygens (including phenoxy) is 3. The molecule has 0 rings (SSSR count). The molecule has 0 fully saturated rings. The summed E-state index contributed by atoms with van der Waals surface area (Å²) in [7, 11) is 0. The lowest BCUT2D eigenvalue weighted by molar-refractivity contribution is -0.160. The van der Waals surface area contributed by atoms with Crippen molar-refractivity contribution < 1.29 is 28.6 Å². The van der Waals surface area contributed by atoms with Crippen LogP contribution in [0.15, 0.2) is 12.2 Å². The van der Waals surface area contributed by atoms with Crippen molar-refractivity contribution in [2.75, 3.05) is 19.8 Å². The molecule has 0 saturated heterocycles. The third-order valence-electron chi connectivity index (χ3n) is 4.14. The molecule has 0 amide bonds. The molecule has 6 heteroatoms. The van der Waals surface area contributed by atoms with E-state index >= 15 is 0 Å². The van der Waals surface area contributed by atoms with Crippen LogP contribution in [0.1, 0.15) is 71.6 Å². The van der Waals surface area contributed by atoms with Crippen molar-refractivity contribution in [1.29, 1.82) is 0 Å². The highest BCUT2D eigenvalue weighted by atomic mass is 16.6. The van der Waals surface area contributed by atoms with E-state index in [1.807, 2.05) is 19.1 Å². The van der Waals surface area contributed by atoms with Gasteiger partial charge in [0.2, 0.25) is 0 Å². The van der Waals surface area contributed by atoms with Crippen molar-refractivity contribution >= 4 is 17.9 Å². The number of rotatable bonds is 16. The Kier molecular flexibility index (Phi) is 15.6. The first-order valence-corrected chi connectivity index (χ1v) is 10.3. The summed E-state index contributed by atoms with van der Waals surface area (Å²) in [6, 6.07) is 0. The number of hydrogen-bond acceptors (Lipinski definition) is 6. The predicted octanol–water partition coefficient (Wildman–Crippen LogP) is 3.98. The Balaban J connectivity index is 4.66. The maximum absolute atomic E-state index is 12.0. The summed E-state index contributed by atoms with van der Waals surface area (Å²) in [4.78, 5) is 35.8. The smallest absolute Gasteiger partial charge is 0.305 e. The Morgan fingerprint density at radius 2 is 1.20 bits per heavy atom. The summed E-state index contributed by atoms with van der Waals surface area (Å²) in [6.45, 7) is 3.57. The molecule has 0 aliphatic rings. The van der Waals surface area contributed by atoms with Crippen LogP contribution in [-0.2, 0) is 28.6 Å². The average Bonchev–Trinajstić information content (AvgIpc) is 2.73.